The Morgan fingerprint density at radius 3 is 2.58 bits per heavy atom. The molecular weight excluding hydrogens is 248 g/mol. The predicted molar refractivity (Wildman–Crippen MR) is 70.1 cm³/mol. The third kappa shape index (κ3) is 1.93. The Morgan fingerprint density at radius 1 is 1.32 bits per heavy atom. The Labute approximate surface area is 110 Å². The molecule has 1 aromatic carbocycles. The minimum Gasteiger partial charge on any atom is -0.504 e. The summed E-state index contributed by atoms with van der Waals surface area (Å²) >= 11 is 0. The molecule has 5 nitrogen and oxygen atoms in total. The molecule has 1 heterocycles. The zero-order chi connectivity index (χ0) is 14.0. The van der Waals surface area contributed by atoms with E-state index in [1.807, 2.05) is 0 Å². The quantitative estimate of drug-likeness (QED) is 0.677. The molecule has 0 saturated heterocycles. The Kier molecular flexibility index (Phi) is 3.46. The molecule has 0 fully saturated rings. The lowest BCUT2D eigenvalue weighted by Crippen LogP contribution is -2.02. The number of phenolic OH excluding ortho intramolecular Hbond substituents is 1. The van der Waals surface area contributed by atoms with Crippen molar-refractivity contribution in [2.24, 2.45) is 0 Å². The van der Waals surface area contributed by atoms with Gasteiger partial charge in [0.05, 0.1) is 25.9 Å². The zero-order valence-corrected chi connectivity index (χ0v) is 10.9. The number of allylic oxidation sites excluding steroid dienone is 2. The Bertz CT molecular complexity index is 651. The molecule has 0 unspecified atom stereocenters. The number of rotatable bonds is 4. The van der Waals surface area contributed by atoms with E-state index >= 15 is 0 Å². The van der Waals surface area contributed by atoms with Crippen LogP contribution in [0.5, 0.6) is 17.2 Å². The lowest BCUT2D eigenvalue weighted by Gasteiger charge is -2.12. The Hall–Kier alpha value is -2.43. The van der Waals surface area contributed by atoms with Gasteiger partial charge < -0.3 is 19.0 Å². The number of furan rings is 1. The van der Waals surface area contributed by atoms with Crippen LogP contribution < -0.4 is 9.47 Å². The van der Waals surface area contributed by atoms with Gasteiger partial charge in [-0.2, -0.15) is 0 Å². The highest BCUT2D eigenvalue weighted by Crippen LogP contribution is 2.45. The van der Waals surface area contributed by atoms with E-state index in [1.54, 1.807) is 19.1 Å². The first kappa shape index (κ1) is 13.0. The lowest BCUT2D eigenvalue weighted by molar-refractivity contribution is 0.104. The van der Waals surface area contributed by atoms with E-state index in [-0.39, 0.29) is 28.6 Å². The number of phenols is 1. The summed E-state index contributed by atoms with van der Waals surface area (Å²) in [6, 6.07) is 1.66. The highest BCUT2D eigenvalue weighted by molar-refractivity contribution is 6.13. The van der Waals surface area contributed by atoms with Crippen molar-refractivity contribution in [2.45, 2.75) is 6.92 Å². The van der Waals surface area contributed by atoms with Crippen LogP contribution in [0.4, 0.5) is 0 Å². The first-order chi connectivity index (χ1) is 9.15. The van der Waals surface area contributed by atoms with Crippen LogP contribution in [-0.4, -0.2) is 25.1 Å². The van der Waals surface area contributed by atoms with E-state index in [0.717, 1.165) is 0 Å². The summed E-state index contributed by atoms with van der Waals surface area (Å²) in [5.41, 5.74) is 0.403. The molecule has 1 aromatic heterocycles. The molecule has 0 aliphatic rings. The number of ketones is 1. The molecule has 0 bridgehead atoms. The summed E-state index contributed by atoms with van der Waals surface area (Å²) < 4.78 is 15.6. The van der Waals surface area contributed by atoms with Crippen molar-refractivity contribution in [2.75, 3.05) is 14.2 Å². The molecule has 5 heteroatoms. The van der Waals surface area contributed by atoms with E-state index < -0.39 is 0 Å². The van der Waals surface area contributed by atoms with Crippen molar-refractivity contribution in [3.05, 3.63) is 30.0 Å². The molecule has 0 atom stereocenters. The maximum absolute atomic E-state index is 12.1. The summed E-state index contributed by atoms with van der Waals surface area (Å²) in [6.45, 7) is 1.72. The topological polar surface area (TPSA) is 68.9 Å². The van der Waals surface area contributed by atoms with Crippen LogP contribution in [0.2, 0.25) is 0 Å². The molecule has 19 heavy (non-hydrogen) atoms. The van der Waals surface area contributed by atoms with Crippen LogP contribution >= 0.6 is 0 Å². The molecule has 0 radical (unpaired) electrons. The van der Waals surface area contributed by atoms with Crippen molar-refractivity contribution in [1.29, 1.82) is 0 Å². The molecular formula is C14H14O5. The summed E-state index contributed by atoms with van der Waals surface area (Å²) in [5.74, 6) is -0.262. The van der Waals surface area contributed by atoms with Gasteiger partial charge in [-0.1, -0.05) is 6.08 Å². The normalized spacial score (nSPS) is 11.1. The number of carbonyl (C=O) groups excluding carboxylic acids is 1. The molecule has 0 aliphatic carbocycles. The van der Waals surface area contributed by atoms with Gasteiger partial charge in [0.25, 0.3) is 0 Å². The minimum absolute atomic E-state index is 0.0614. The summed E-state index contributed by atoms with van der Waals surface area (Å²) in [4.78, 5) is 12.1. The van der Waals surface area contributed by atoms with E-state index in [1.165, 1.54) is 26.6 Å². The molecule has 0 spiro atoms. The van der Waals surface area contributed by atoms with Gasteiger partial charge in [-0.15, -0.1) is 0 Å². The maximum atomic E-state index is 12.1. The van der Waals surface area contributed by atoms with Crippen LogP contribution in [0, 0.1) is 0 Å². The average molecular weight is 262 g/mol. The third-order valence-corrected chi connectivity index (χ3v) is 2.77. The number of methoxy groups -OCH3 is 2. The van der Waals surface area contributed by atoms with Crippen LogP contribution in [0.3, 0.4) is 0 Å². The second-order valence-electron chi connectivity index (χ2n) is 3.82. The molecule has 0 amide bonds. The Morgan fingerprint density at radius 2 is 2.00 bits per heavy atom. The highest BCUT2D eigenvalue weighted by Gasteiger charge is 2.25. The van der Waals surface area contributed by atoms with Crippen molar-refractivity contribution >= 4 is 16.8 Å². The van der Waals surface area contributed by atoms with Crippen LogP contribution in [0.15, 0.2) is 28.9 Å². The monoisotopic (exact) mass is 262 g/mol. The fraction of sp³-hybridized carbons (Fsp3) is 0.214. The number of hydrogen-bond donors (Lipinski definition) is 1. The number of benzene rings is 1. The fourth-order valence-electron chi connectivity index (χ4n) is 1.99. The number of aromatic hydroxyl groups is 1. The first-order valence-corrected chi connectivity index (χ1v) is 5.66. The van der Waals surface area contributed by atoms with Gasteiger partial charge in [0.1, 0.15) is 11.3 Å². The molecule has 2 rings (SSSR count). The van der Waals surface area contributed by atoms with E-state index in [9.17, 15) is 9.90 Å². The van der Waals surface area contributed by atoms with Crippen LogP contribution in [0.25, 0.3) is 11.0 Å². The molecule has 0 saturated carbocycles. The highest BCUT2D eigenvalue weighted by atomic mass is 16.5. The van der Waals surface area contributed by atoms with E-state index in [4.69, 9.17) is 13.9 Å². The van der Waals surface area contributed by atoms with Crippen molar-refractivity contribution in [3.63, 3.8) is 0 Å². The van der Waals surface area contributed by atoms with Gasteiger partial charge in [-0.05, 0) is 19.1 Å². The van der Waals surface area contributed by atoms with Crippen molar-refractivity contribution in [1.82, 2.24) is 0 Å². The molecule has 0 aliphatic heterocycles. The largest absolute Gasteiger partial charge is 0.504 e. The second kappa shape index (κ2) is 5.06. The van der Waals surface area contributed by atoms with E-state index in [0.29, 0.717) is 11.0 Å². The van der Waals surface area contributed by atoms with E-state index in [2.05, 4.69) is 0 Å². The first-order valence-electron chi connectivity index (χ1n) is 5.66. The molecule has 100 valence electrons. The molecule has 1 N–H and O–H groups in total. The summed E-state index contributed by atoms with van der Waals surface area (Å²) in [5, 5.41) is 10.8. The minimum atomic E-state index is -0.363. The van der Waals surface area contributed by atoms with Gasteiger partial charge in [0.15, 0.2) is 17.1 Å². The predicted octanol–water partition coefficient (Wildman–Crippen LogP) is 2.91. The summed E-state index contributed by atoms with van der Waals surface area (Å²) in [6.07, 6.45) is 4.38. The second-order valence-corrected chi connectivity index (χ2v) is 3.82. The maximum Gasteiger partial charge on any atom is 0.205 e. The summed E-state index contributed by atoms with van der Waals surface area (Å²) in [7, 11) is 2.83. The van der Waals surface area contributed by atoms with Crippen molar-refractivity contribution < 1.29 is 23.8 Å². The van der Waals surface area contributed by atoms with Crippen LogP contribution in [0.1, 0.15) is 17.3 Å². The van der Waals surface area contributed by atoms with Gasteiger partial charge in [-0.25, -0.2) is 0 Å². The van der Waals surface area contributed by atoms with Gasteiger partial charge in [0.2, 0.25) is 5.75 Å². The molecule has 2 aromatic rings. The van der Waals surface area contributed by atoms with Gasteiger partial charge in [0, 0.05) is 0 Å². The smallest absolute Gasteiger partial charge is 0.205 e. The van der Waals surface area contributed by atoms with Crippen molar-refractivity contribution in [3.8, 4) is 17.2 Å². The average Bonchev–Trinajstić information content (AvgIpc) is 2.86. The third-order valence-electron chi connectivity index (χ3n) is 2.77. The number of ether oxygens (including phenoxy) is 2. The zero-order valence-electron chi connectivity index (χ0n) is 10.9. The number of hydrogen-bond acceptors (Lipinski definition) is 5. The van der Waals surface area contributed by atoms with Gasteiger partial charge in [-0.3, -0.25) is 4.79 Å². The Balaban J connectivity index is 2.87. The van der Waals surface area contributed by atoms with Crippen LogP contribution in [-0.2, 0) is 0 Å². The number of fused-ring (bicyclic) bond motifs is 1. The fourth-order valence-corrected chi connectivity index (χ4v) is 1.99. The standard InChI is InChI=1S/C14H14O5/c1-4-5-9(15)10-11(16)14(18-3)13-8(6-7-19-13)12(10)17-2/h4-7,16H,1-3H3/b5-4+. The lowest BCUT2D eigenvalue weighted by atomic mass is 10.0. The SMILES string of the molecule is C/C=C/C(=O)c1c(O)c(OC)c2occc2c1OC. The van der Waals surface area contributed by atoms with Gasteiger partial charge >= 0.3 is 0 Å². The number of carbonyl (C=O) groups is 1.